The van der Waals surface area contributed by atoms with Crippen LogP contribution in [0.4, 0.5) is 5.95 Å². The lowest BCUT2D eigenvalue weighted by molar-refractivity contribution is 0.102. The third kappa shape index (κ3) is 3.45. The van der Waals surface area contributed by atoms with Crippen LogP contribution in [0, 0.1) is 20.8 Å². The molecule has 0 radical (unpaired) electrons. The zero-order valence-electron chi connectivity index (χ0n) is 17.6. The Morgan fingerprint density at radius 3 is 2.60 bits per heavy atom. The Labute approximate surface area is 179 Å². The minimum Gasteiger partial charge on any atom is -0.360 e. The first kappa shape index (κ1) is 19.4. The molecular formula is C21H26N6O2S. The van der Waals surface area contributed by atoms with Gasteiger partial charge in [-0.15, -0.1) is 10.2 Å². The molecule has 158 valence electrons. The quantitative estimate of drug-likeness (QED) is 0.419. The van der Waals surface area contributed by atoms with E-state index >= 15 is 0 Å². The van der Waals surface area contributed by atoms with Crippen LogP contribution >= 0.6 is 11.8 Å². The van der Waals surface area contributed by atoms with Gasteiger partial charge in [0.1, 0.15) is 5.76 Å². The molecule has 0 atom stereocenters. The summed E-state index contributed by atoms with van der Waals surface area (Å²) in [7, 11) is 0. The number of hydrogen-bond acceptors (Lipinski definition) is 7. The molecule has 2 fully saturated rings. The SMILES string of the molecule is Cc1cc(-n2c(C)cc(C(=O)CSc3nnc(N4CCCC4)n3C3CC3)c2C)no1. The van der Waals surface area contributed by atoms with E-state index in [2.05, 4.69) is 24.8 Å². The highest BCUT2D eigenvalue weighted by Gasteiger charge is 2.32. The Morgan fingerprint density at radius 2 is 1.93 bits per heavy atom. The molecule has 3 aromatic rings. The van der Waals surface area contributed by atoms with Crippen molar-refractivity contribution in [1.29, 1.82) is 0 Å². The average molecular weight is 427 g/mol. The predicted molar refractivity (Wildman–Crippen MR) is 115 cm³/mol. The molecule has 9 heteroatoms. The maximum atomic E-state index is 13.1. The zero-order valence-corrected chi connectivity index (χ0v) is 18.4. The third-order valence-electron chi connectivity index (χ3n) is 5.86. The van der Waals surface area contributed by atoms with Gasteiger partial charge in [-0.25, -0.2) is 0 Å². The maximum absolute atomic E-state index is 13.1. The highest BCUT2D eigenvalue weighted by molar-refractivity contribution is 7.99. The summed E-state index contributed by atoms with van der Waals surface area (Å²) in [6, 6.07) is 4.29. The van der Waals surface area contributed by atoms with Crippen LogP contribution in [-0.2, 0) is 0 Å². The summed E-state index contributed by atoms with van der Waals surface area (Å²) < 4.78 is 9.43. The van der Waals surface area contributed by atoms with Crippen molar-refractivity contribution in [2.45, 2.75) is 57.7 Å². The molecule has 8 nitrogen and oxygen atoms in total. The fourth-order valence-corrected chi connectivity index (χ4v) is 5.10. The lowest BCUT2D eigenvalue weighted by Crippen LogP contribution is -2.22. The van der Waals surface area contributed by atoms with E-state index in [1.165, 1.54) is 37.4 Å². The molecule has 30 heavy (non-hydrogen) atoms. The topological polar surface area (TPSA) is 82.0 Å². The summed E-state index contributed by atoms with van der Waals surface area (Å²) in [5, 5.41) is 13.9. The summed E-state index contributed by atoms with van der Waals surface area (Å²) in [5.74, 6) is 2.86. The third-order valence-corrected chi connectivity index (χ3v) is 6.80. The van der Waals surface area contributed by atoms with E-state index < -0.39 is 0 Å². The van der Waals surface area contributed by atoms with Gasteiger partial charge in [-0.05, 0) is 52.5 Å². The van der Waals surface area contributed by atoms with Crippen molar-refractivity contribution in [1.82, 2.24) is 24.5 Å². The van der Waals surface area contributed by atoms with E-state index in [1.54, 1.807) is 0 Å². The van der Waals surface area contributed by atoms with Gasteiger partial charge in [0.2, 0.25) is 5.95 Å². The van der Waals surface area contributed by atoms with Gasteiger partial charge in [-0.2, -0.15) is 0 Å². The minimum absolute atomic E-state index is 0.0904. The number of anilines is 1. The first-order chi connectivity index (χ1) is 14.5. The van der Waals surface area contributed by atoms with Crippen LogP contribution in [0.25, 0.3) is 5.82 Å². The molecule has 4 heterocycles. The minimum atomic E-state index is 0.0904. The maximum Gasteiger partial charge on any atom is 0.228 e. The van der Waals surface area contributed by atoms with E-state index in [0.717, 1.165) is 46.9 Å². The number of thioether (sulfide) groups is 1. The molecule has 1 saturated heterocycles. The summed E-state index contributed by atoms with van der Waals surface area (Å²) >= 11 is 1.49. The van der Waals surface area contributed by atoms with Crippen LogP contribution in [0.2, 0.25) is 0 Å². The van der Waals surface area contributed by atoms with Gasteiger partial charge >= 0.3 is 0 Å². The van der Waals surface area contributed by atoms with Gasteiger partial charge in [0.15, 0.2) is 16.8 Å². The Kier molecular flexibility index (Phi) is 4.92. The molecule has 1 aliphatic carbocycles. The normalized spacial score (nSPS) is 16.6. The molecule has 0 bridgehead atoms. The highest BCUT2D eigenvalue weighted by atomic mass is 32.2. The van der Waals surface area contributed by atoms with Gasteiger partial charge < -0.3 is 9.42 Å². The second kappa shape index (κ2) is 7.61. The van der Waals surface area contributed by atoms with Crippen molar-refractivity contribution >= 4 is 23.5 Å². The molecule has 1 aliphatic heterocycles. The van der Waals surface area contributed by atoms with Gasteiger partial charge in [-0.3, -0.25) is 13.9 Å². The number of Topliss-reactive ketones (excluding diaryl/α,β-unsaturated/α-hetero) is 1. The summed E-state index contributed by atoms with van der Waals surface area (Å²) in [6.45, 7) is 7.88. The van der Waals surface area contributed by atoms with E-state index in [0.29, 0.717) is 17.6 Å². The van der Waals surface area contributed by atoms with Crippen LogP contribution in [0.1, 0.15) is 59.2 Å². The predicted octanol–water partition coefficient (Wildman–Crippen LogP) is 3.89. The Hall–Kier alpha value is -2.55. The average Bonchev–Trinajstić information content (AvgIpc) is 3.10. The Balaban J connectivity index is 1.35. The molecule has 0 N–H and O–H groups in total. The molecule has 5 rings (SSSR count). The lowest BCUT2D eigenvalue weighted by Gasteiger charge is -2.17. The number of carbonyl (C=O) groups excluding carboxylic acids is 1. The van der Waals surface area contributed by atoms with Gasteiger partial charge in [0.25, 0.3) is 0 Å². The number of ketones is 1. The standard InChI is InChI=1S/C21H26N6O2S/c1-13-10-17(15(3)26(13)19-11-14(2)29-24-19)18(28)12-30-21-23-22-20(25-8-4-5-9-25)27(21)16-6-7-16/h10-11,16H,4-9,12H2,1-3H3. The largest absolute Gasteiger partial charge is 0.360 e. The van der Waals surface area contributed by atoms with Crippen LogP contribution < -0.4 is 4.90 Å². The van der Waals surface area contributed by atoms with E-state index in [9.17, 15) is 4.79 Å². The second-order valence-electron chi connectivity index (χ2n) is 8.21. The number of nitrogens with zero attached hydrogens (tertiary/aromatic N) is 6. The number of aromatic nitrogens is 5. The molecule has 0 unspecified atom stereocenters. The second-order valence-corrected chi connectivity index (χ2v) is 9.15. The molecule has 3 aromatic heterocycles. The summed E-state index contributed by atoms with van der Waals surface area (Å²) in [4.78, 5) is 15.4. The van der Waals surface area contributed by atoms with Crippen LogP contribution in [0.15, 0.2) is 21.8 Å². The molecular weight excluding hydrogens is 400 g/mol. The fourth-order valence-electron chi connectivity index (χ4n) is 4.22. The van der Waals surface area contributed by atoms with Gasteiger partial charge in [-0.1, -0.05) is 16.9 Å². The van der Waals surface area contributed by atoms with Crippen LogP contribution in [0.3, 0.4) is 0 Å². The van der Waals surface area contributed by atoms with E-state index in [4.69, 9.17) is 4.52 Å². The van der Waals surface area contributed by atoms with Crippen molar-refractivity contribution in [2.24, 2.45) is 0 Å². The van der Waals surface area contributed by atoms with Crippen molar-refractivity contribution in [3.63, 3.8) is 0 Å². The van der Waals surface area contributed by atoms with Gasteiger partial charge in [0, 0.05) is 42.1 Å². The summed E-state index contributed by atoms with van der Waals surface area (Å²) in [6.07, 6.45) is 4.75. The number of rotatable bonds is 7. The highest BCUT2D eigenvalue weighted by Crippen LogP contribution is 2.41. The molecule has 0 spiro atoms. The van der Waals surface area contributed by atoms with E-state index in [1.807, 2.05) is 37.5 Å². The Morgan fingerprint density at radius 1 is 1.17 bits per heavy atom. The van der Waals surface area contributed by atoms with Crippen LogP contribution in [-0.4, -0.2) is 49.1 Å². The van der Waals surface area contributed by atoms with Crippen molar-refractivity contribution in [3.05, 3.63) is 34.8 Å². The molecule has 2 aliphatic rings. The smallest absolute Gasteiger partial charge is 0.228 e. The van der Waals surface area contributed by atoms with Crippen molar-refractivity contribution in [3.8, 4) is 5.82 Å². The monoisotopic (exact) mass is 426 g/mol. The van der Waals surface area contributed by atoms with Gasteiger partial charge in [0.05, 0.1) is 5.75 Å². The molecule has 0 aromatic carbocycles. The molecule has 0 amide bonds. The lowest BCUT2D eigenvalue weighted by atomic mass is 10.2. The molecule has 1 saturated carbocycles. The van der Waals surface area contributed by atoms with Crippen molar-refractivity contribution < 1.29 is 9.32 Å². The number of aryl methyl sites for hydroxylation is 2. The first-order valence-corrected chi connectivity index (χ1v) is 11.5. The van der Waals surface area contributed by atoms with Crippen LogP contribution in [0.5, 0.6) is 0 Å². The fraction of sp³-hybridized carbons (Fsp3) is 0.524. The van der Waals surface area contributed by atoms with E-state index in [-0.39, 0.29) is 5.78 Å². The first-order valence-electron chi connectivity index (χ1n) is 10.5. The number of carbonyl (C=O) groups is 1. The zero-order chi connectivity index (χ0) is 20.8. The van der Waals surface area contributed by atoms with Crippen molar-refractivity contribution in [2.75, 3.05) is 23.7 Å². The summed E-state index contributed by atoms with van der Waals surface area (Å²) in [5.41, 5.74) is 2.57. The Bertz CT molecular complexity index is 1090. The number of hydrogen-bond donors (Lipinski definition) is 0.